The molecule has 2 aromatic carbocycles. The number of nitrogens with one attached hydrogen (secondary N) is 2. The topological polar surface area (TPSA) is 77.6 Å². The van der Waals surface area contributed by atoms with Crippen LogP contribution in [0.2, 0.25) is 0 Å². The Labute approximate surface area is 206 Å². The van der Waals surface area contributed by atoms with Crippen LogP contribution in [0, 0.1) is 24.7 Å². The highest BCUT2D eigenvalue weighted by Gasteiger charge is 2.17. The SMILES string of the molecule is Cc1cccc2[nH]cc(C(=O)Nc3ccc(N=C4CCC(C)CC4)cc3C#CCN(C)C)c(=O)c12. The van der Waals surface area contributed by atoms with Crippen molar-refractivity contribution in [2.75, 3.05) is 26.0 Å². The van der Waals surface area contributed by atoms with Crippen molar-refractivity contribution in [3.05, 3.63) is 69.5 Å². The number of hydrogen-bond acceptors (Lipinski definition) is 4. The maximum absolute atomic E-state index is 13.1. The summed E-state index contributed by atoms with van der Waals surface area (Å²) in [5, 5.41) is 3.43. The van der Waals surface area contributed by atoms with Gasteiger partial charge in [0.1, 0.15) is 5.56 Å². The minimum Gasteiger partial charge on any atom is -0.360 e. The third kappa shape index (κ3) is 5.87. The number of nitrogens with zero attached hydrogens (tertiary/aromatic N) is 2. The van der Waals surface area contributed by atoms with Gasteiger partial charge in [-0.15, -0.1) is 0 Å². The van der Waals surface area contributed by atoms with Gasteiger partial charge < -0.3 is 10.3 Å². The molecule has 0 radical (unpaired) electrons. The molecular weight excluding hydrogens is 436 g/mol. The van der Waals surface area contributed by atoms with E-state index in [-0.39, 0.29) is 11.0 Å². The Morgan fingerprint density at radius 1 is 1.20 bits per heavy atom. The minimum atomic E-state index is -0.465. The summed E-state index contributed by atoms with van der Waals surface area (Å²) in [7, 11) is 3.91. The van der Waals surface area contributed by atoms with Crippen LogP contribution in [0.4, 0.5) is 11.4 Å². The molecule has 0 bridgehead atoms. The van der Waals surface area contributed by atoms with Gasteiger partial charge >= 0.3 is 0 Å². The van der Waals surface area contributed by atoms with Gasteiger partial charge in [-0.25, -0.2) is 0 Å². The molecule has 1 aliphatic rings. The van der Waals surface area contributed by atoms with Crippen LogP contribution in [0.3, 0.4) is 0 Å². The molecule has 0 saturated heterocycles. The maximum Gasteiger partial charge on any atom is 0.261 e. The van der Waals surface area contributed by atoms with Crippen molar-refractivity contribution in [3.63, 3.8) is 0 Å². The Hall–Kier alpha value is -3.69. The number of pyridine rings is 1. The monoisotopic (exact) mass is 468 g/mol. The van der Waals surface area contributed by atoms with E-state index in [9.17, 15) is 9.59 Å². The number of aromatic nitrogens is 1. The number of hydrogen-bond donors (Lipinski definition) is 2. The van der Waals surface area contributed by atoms with Gasteiger partial charge in [0, 0.05) is 22.8 Å². The third-order valence-electron chi connectivity index (χ3n) is 6.37. The standard InChI is InChI=1S/C29H32N4O2/c1-19-10-12-22(13-11-19)31-23-14-15-25(21(17-23)8-6-16-33(3)4)32-29(35)24-18-30-26-9-5-7-20(2)27(26)28(24)34/h5,7,9,14-15,17-19H,10-13,16H2,1-4H3,(H,30,34)(H,32,35). The van der Waals surface area contributed by atoms with Crippen molar-refractivity contribution in [2.24, 2.45) is 10.9 Å². The van der Waals surface area contributed by atoms with Crippen LogP contribution in [0.5, 0.6) is 0 Å². The lowest BCUT2D eigenvalue weighted by atomic mass is 9.89. The Morgan fingerprint density at radius 2 is 1.97 bits per heavy atom. The van der Waals surface area contributed by atoms with Crippen molar-refractivity contribution < 1.29 is 4.79 Å². The second kappa shape index (κ2) is 10.7. The Kier molecular flexibility index (Phi) is 7.48. The van der Waals surface area contributed by atoms with E-state index < -0.39 is 5.91 Å². The number of fused-ring (bicyclic) bond motifs is 1. The molecule has 6 heteroatoms. The van der Waals surface area contributed by atoms with Crippen molar-refractivity contribution in [1.82, 2.24) is 9.88 Å². The first-order valence-corrected chi connectivity index (χ1v) is 12.1. The summed E-state index contributed by atoms with van der Waals surface area (Å²) in [4.78, 5) is 36.1. The molecule has 1 saturated carbocycles. The van der Waals surface area contributed by atoms with Gasteiger partial charge in [0.05, 0.1) is 23.5 Å². The van der Waals surface area contributed by atoms with Gasteiger partial charge in [0.15, 0.2) is 0 Å². The van der Waals surface area contributed by atoms with Crippen LogP contribution in [0.25, 0.3) is 10.9 Å². The number of carbonyl (C=O) groups excluding carboxylic acids is 1. The Morgan fingerprint density at radius 3 is 2.71 bits per heavy atom. The molecule has 4 rings (SSSR count). The molecule has 2 N–H and O–H groups in total. The lowest BCUT2D eigenvalue weighted by Gasteiger charge is -2.19. The van der Waals surface area contributed by atoms with Gasteiger partial charge in [0.25, 0.3) is 5.91 Å². The maximum atomic E-state index is 13.1. The quantitative estimate of drug-likeness (QED) is 0.511. The van der Waals surface area contributed by atoms with E-state index in [0.29, 0.717) is 28.7 Å². The fourth-order valence-corrected chi connectivity index (χ4v) is 4.29. The highest BCUT2D eigenvalue weighted by Crippen LogP contribution is 2.27. The van der Waals surface area contributed by atoms with Crippen molar-refractivity contribution >= 4 is 33.9 Å². The highest BCUT2D eigenvalue weighted by atomic mass is 16.2. The molecule has 0 atom stereocenters. The second-order valence-corrected chi connectivity index (χ2v) is 9.61. The lowest BCUT2D eigenvalue weighted by Crippen LogP contribution is -2.22. The zero-order chi connectivity index (χ0) is 24.9. The summed E-state index contributed by atoms with van der Waals surface area (Å²) >= 11 is 0. The van der Waals surface area contributed by atoms with Gasteiger partial charge in [-0.2, -0.15) is 0 Å². The number of carbonyl (C=O) groups is 1. The average Bonchev–Trinajstić information content (AvgIpc) is 2.82. The fraction of sp³-hybridized carbons (Fsp3) is 0.345. The van der Waals surface area contributed by atoms with E-state index in [1.165, 1.54) is 24.8 Å². The van der Waals surface area contributed by atoms with Crippen LogP contribution >= 0.6 is 0 Å². The van der Waals surface area contributed by atoms with Gasteiger partial charge in [-0.3, -0.25) is 19.5 Å². The molecule has 0 spiro atoms. The zero-order valence-electron chi connectivity index (χ0n) is 20.9. The molecule has 180 valence electrons. The minimum absolute atomic E-state index is 0.0691. The van der Waals surface area contributed by atoms with Crippen LogP contribution in [0.1, 0.15) is 54.1 Å². The van der Waals surface area contributed by atoms with E-state index in [2.05, 4.69) is 29.1 Å². The van der Waals surface area contributed by atoms with Crippen LogP contribution in [-0.2, 0) is 0 Å². The largest absolute Gasteiger partial charge is 0.360 e. The molecule has 1 heterocycles. The van der Waals surface area contributed by atoms with Crippen molar-refractivity contribution in [3.8, 4) is 11.8 Å². The zero-order valence-corrected chi connectivity index (χ0v) is 20.9. The molecule has 0 unspecified atom stereocenters. The fourth-order valence-electron chi connectivity index (χ4n) is 4.29. The van der Waals surface area contributed by atoms with Crippen LogP contribution in [-0.4, -0.2) is 42.1 Å². The van der Waals surface area contributed by atoms with Crippen molar-refractivity contribution in [1.29, 1.82) is 0 Å². The number of aromatic amines is 1. The van der Waals surface area contributed by atoms with Gasteiger partial charge in [0.2, 0.25) is 5.43 Å². The van der Waals surface area contributed by atoms with E-state index >= 15 is 0 Å². The first kappa shape index (κ1) is 24.4. The summed E-state index contributed by atoms with van der Waals surface area (Å²) in [6.07, 6.45) is 5.85. The number of rotatable bonds is 4. The molecule has 1 aliphatic carbocycles. The van der Waals surface area contributed by atoms with E-state index in [1.54, 1.807) is 0 Å². The Bertz CT molecular complexity index is 1400. The number of aryl methyl sites for hydroxylation is 1. The third-order valence-corrected chi connectivity index (χ3v) is 6.37. The molecule has 35 heavy (non-hydrogen) atoms. The average molecular weight is 469 g/mol. The first-order chi connectivity index (χ1) is 16.8. The predicted octanol–water partition coefficient (Wildman–Crippen LogP) is 5.28. The van der Waals surface area contributed by atoms with Gasteiger partial charge in [-0.05, 0) is 82.4 Å². The number of anilines is 1. The summed E-state index contributed by atoms with van der Waals surface area (Å²) < 4.78 is 0. The van der Waals surface area contributed by atoms with E-state index in [4.69, 9.17) is 4.99 Å². The summed E-state index contributed by atoms with van der Waals surface area (Å²) in [5.74, 6) is 6.61. The van der Waals surface area contributed by atoms with Crippen LogP contribution in [0.15, 0.2) is 52.4 Å². The summed E-state index contributed by atoms with van der Waals surface area (Å²) in [6.45, 7) is 4.74. The molecule has 0 aliphatic heterocycles. The molecule has 1 amide bonds. The lowest BCUT2D eigenvalue weighted by molar-refractivity contribution is 0.102. The summed E-state index contributed by atoms with van der Waals surface area (Å²) in [6, 6.07) is 11.2. The normalized spacial score (nSPS) is 15.6. The molecule has 3 aromatic rings. The first-order valence-electron chi connectivity index (χ1n) is 12.1. The highest BCUT2D eigenvalue weighted by molar-refractivity contribution is 6.06. The molecule has 1 fully saturated rings. The molecular formula is C29H32N4O2. The number of H-pyrrole nitrogens is 1. The van der Waals surface area contributed by atoms with Gasteiger partial charge in [-0.1, -0.05) is 30.9 Å². The number of aliphatic imine (C=N–C) groups is 1. The van der Waals surface area contributed by atoms with Crippen LogP contribution < -0.4 is 10.7 Å². The predicted molar refractivity (Wildman–Crippen MR) is 144 cm³/mol. The smallest absolute Gasteiger partial charge is 0.261 e. The molecule has 1 aromatic heterocycles. The van der Waals surface area contributed by atoms with E-state index in [1.807, 2.05) is 62.3 Å². The Balaban J connectivity index is 1.66. The number of amides is 1. The number of benzene rings is 2. The second-order valence-electron chi connectivity index (χ2n) is 9.61. The summed E-state index contributed by atoms with van der Waals surface area (Å²) in [5.41, 5.74) is 4.61. The molecule has 6 nitrogen and oxygen atoms in total. The van der Waals surface area contributed by atoms with E-state index in [0.717, 1.165) is 30.0 Å². The van der Waals surface area contributed by atoms with Crippen molar-refractivity contribution in [2.45, 2.75) is 39.5 Å².